The molecule has 1 aliphatic carbocycles. The number of carboxylic acid groups (broad SMARTS) is 1. The van der Waals surface area contributed by atoms with E-state index in [-0.39, 0.29) is 12.6 Å². The zero-order chi connectivity index (χ0) is 15.5. The lowest BCUT2D eigenvalue weighted by Gasteiger charge is -2.30. The third-order valence-electron chi connectivity index (χ3n) is 4.53. The summed E-state index contributed by atoms with van der Waals surface area (Å²) >= 11 is 0. The van der Waals surface area contributed by atoms with Gasteiger partial charge >= 0.3 is 12.0 Å². The zero-order valence-electron chi connectivity index (χ0n) is 12.4. The van der Waals surface area contributed by atoms with E-state index in [9.17, 15) is 19.5 Å². The van der Waals surface area contributed by atoms with Gasteiger partial charge < -0.3 is 10.4 Å². The van der Waals surface area contributed by atoms with Crippen LogP contribution in [0.25, 0.3) is 0 Å². The summed E-state index contributed by atoms with van der Waals surface area (Å²) in [6.45, 7) is 2.11. The molecule has 0 aromatic heterocycles. The maximum atomic E-state index is 11.9. The minimum atomic E-state index is -1.01. The van der Waals surface area contributed by atoms with Crippen molar-refractivity contribution in [1.82, 2.24) is 15.5 Å². The number of aliphatic carboxylic acids is 1. The molecule has 1 atom stereocenters. The first-order valence-electron chi connectivity index (χ1n) is 7.50. The van der Waals surface area contributed by atoms with Crippen molar-refractivity contribution in [3.8, 4) is 0 Å². The van der Waals surface area contributed by atoms with E-state index in [4.69, 9.17) is 0 Å². The van der Waals surface area contributed by atoms with Crippen LogP contribution < -0.4 is 10.6 Å². The first kappa shape index (κ1) is 15.8. The van der Waals surface area contributed by atoms with Gasteiger partial charge in [-0.15, -0.1) is 0 Å². The number of likely N-dealkylation sites (tertiary alicyclic amines) is 1. The SMILES string of the molecule is CC1(C(=O)O)CCCN1CC(=O)NC(=O)NC1CCCC1. The molecule has 1 aliphatic heterocycles. The Kier molecular flexibility index (Phi) is 4.82. The summed E-state index contributed by atoms with van der Waals surface area (Å²) in [5.74, 6) is -1.39. The quantitative estimate of drug-likeness (QED) is 0.709. The van der Waals surface area contributed by atoms with E-state index in [2.05, 4.69) is 10.6 Å². The molecular weight excluding hydrogens is 274 g/mol. The molecule has 1 unspecified atom stereocenters. The first-order valence-corrected chi connectivity index (χ1v) is 7.50. The molecule has 0 aromatic rings. The fraction of sp³-hybridized carbons (Fsp3) is 0.786. The number of imide groups is 1. The van der Waals surface area contributed by atoms with Gasteiger partial charge in [-0.2, -0.15) is 0 Å². The van der Waals surface area contributed by atoms with Gasteiger partial charge in [0.25, 0.3) is 0 Å². The molecule has 3 N–H and O–H groups in total. The van der Waals surface area contributed by atoms with Crippen LogP contribution in [0.15, 0.2) is 0 Å². The molecule has 2 fully saturated rings. The highest BCUT2D eigenvalue weighted by Crippen LogP contribution is 2.28. The van der Waals surface area contributed by atoms with Crippen LogP contribution in [0.4, 0.5) is 4.79 Å². The van der Waals surface area contributed by atoms with Crippen LogP contribution in [-0.2, 0) is 9.59 Å². The largest absolute Gasteiger partial charge is 0.480 e. The number of carbonyl (C=O) groups is 3. The van der Waals surface area contributed by atoms with Crippen molar-refractivity contribution in [2.75, 3.05) is 13.1 Å². The van der Waals surface area contributed by atoms with Crippen molar-refractivity contribution in [2.24, 2.45) is 0 Å². The number of carbonyl (C=O) groups excluding carboxylic acids is 2. The zero-order valence-corrected chi connectivity index (χ0v) is 12.4. The highest BCUT2D eigenvalue weighted by Gasteiger charge is 2.44. The highest BCUT2D eigenvalue weighted by atomic mass is 16.4. The molecule has 21 heavy (non-hydrogen) atoms. The molecule has 0 bridgehead atoms. The summed E-state index contributed by atoms with van der Waals surface area (Å²) < 4.78 is 0. The van der Waals surface area contributed by atoms with Crippen LogP contribution in [0.1, 0.15) is 45.4 Å². The number of nitrogens with zero attached hydrogens (tertiary/aromatic N) is 1. The predicted octanol–water partition coefficient (Wildman–Crippen LogP) is 0.694. The van der Waals surface area contributed by atoms with E-state index in [0.717, 1.165) is 32.1 Å². The molecular formula is C14H23N3O4. The number of hydrogen-bond donors (Lipinski definition) is 3. The second-order valence-electron chi connectivity index (χ2n) is 6.11. The van der Waals surface area contributed by atoms with Crippen LogP contribution in [0.5, 0.6) is 0 Å². The van der Waals surface area contributed by atoms with Crippen LogP contribution in [-0.4, -0.2) is 52.6 Å². The average molecular weight is 297 g/mol. The predicted molar refractivity (Wildman–Crippen MR) is 75.8 cm³/mol. The molecule has 0 spiro atoms. The molecule has 7 nitrogen and oxygen atoms in total. The standard InChI is InChI=1S/C14H23N3O4/c1-14(12(19)20)7-4-8-17(14)9-11(18)16-13(21)15-10-5-2-3-6-10/h10H,2-9H2,1H3,(H,19,20)(H2,15,16,18,21). The van der Waals surface area contributed by atoms with E-state index < -0.39 is 23.4 Å². The third-order valence-corrected chi connectivity index (χ3v) is 4.53. The Morgan fingerprint density at radius 1 is 1.24 bits per heavy atom. The third kappa shape index (κ3) is 3.72. The molecule has 3 amide bonds. The van der Waals surface area contributed by atoms with Gasteiger partial charge in [-0.05, 0) is 39.2 Å². The van der Waals surface area contributed by atoms with Crippen molar-refractivity contribution < 1.29 is 19.5 Å². The lowest BCUT2D eigenvalue weighted by molar-refractivity contribution is -0.149. The Balaban J connectivity index is 1.81. The fourth-order valence-corrected chi connectivity index (χ4v) is 3.15. The van der Waals surface area contributed by atoms with Crippen molar-refractivity contribution in [1.29, 1.82) is 0 Å². The number of amides is 3. The van der Waals surface area contributed by atoms with Gasteiger partial charge in [-0.1, -0.05) is 12.8 Å². The lowest BCUT2D eigenvalue weighted by atomic mass is 9.99. The number of hydrogen-bond acceptors (Lipinski definition) is 4. The molecule has 2 aliphatic rings. The van der Waals surface area contributed by atoms with Crippen LogP contribution in [0.2, 0.25) is 0 Å². The van der Waals surface area contributed by atoms with Crippen LogP contribution in [0, 0.1) is 0 Å². The van der Waals surface area contributed by atoms with E-state index >= 15 is 0 Å². The van der Waals surface area contributed by atoms with Gasteiger partial charge in [0.2, 0.25) is 5.91 Å². The summed E-state index contributed by atoms with van der Waals surface area (Å²) in [6, 6.07) is -0.336. The summed E-state index contributed by atoms with van der Waals surface area (Å²) in [6.07, 6.45) is 5.36. The molecule has 0 aromatic carbocycles. The van der Waals surface area contributed by atoms with Gasteiger partial charge in [0.05, 0.1) is 6.54 Å². The number of carboxylic acids is 1. The summed E-state index contributed by atoms with van der Waals surface area (Å²) in [4.78, 5) is 36.5. The van der Waals surface area contributed by atoms with Gasteiger partial charge in [-0.3, -0.25) is 19.8 Å². The minimum absolute atomic E-state index is 0.0686. The average Bonchev–Trinajstić information content (AvgIpc) is 3.01. The van der Waals surface area contributed by atoms with E-state index in [1.165, 1.54) is 0 Å². The van der Waals surface area contributed by atoms with Gasteiger partial charge in [0.15, 0.2) is 0 Å². The molecule has 118 valence electrons. The second-order valence-corrected chi connectivity index (χ2v) is 6.11. The Labute approximate surface area is 124 Å². The monoisotopic (exact) mass is 297 g/mol. The highest BCUT2D eigenvalue weighted by molar-refractivity contribution is 5.95. The Hall–Kier alpha value is -1.63. The minimum Gasteiger partial charge on any atom is -0.480 e. The molecule has 2 rings (SSSR count). The maximum Gasteiger partial charge on any atom is 0.323 e. The normalized spacial score (nSPS) is 26.7. The van der Waals surface area contributed by atoms with Crippen molar-refractivity contribution in [3.63, 3.8) is 0 Å². The first-order chi connectivity index (χ1) is 9.91. The topological polar surface area (TPSA) is 98.7 Å². The van der Waals surface area contributed by atoms with Gasteiger partial charge in [0.1, 0.15) is 5.54 Å². The molecule has 1 saturated carbocycles. The van der Waals surface area contributed by atoms with Crippen LogP contribution >= 0.6 is 0 Å². The number of urea groups is 1. The Morgan fingerprint density at radius 3 is 2.52 bits per heavy atom. The van der Waals surface area contributed by atoms with Gasteiger partial charge in [0, 0.05) is 6.04 Å². The van der Waals surface area contributed by atoms with Crippen molar-refractivity contribution in [3.05, 3.63) is 0 Å². The molecule has 0 radical (unpaired) electrons. The maximum absolute atomic E-state index is 11.9. The second kappa shape index (κ2) is 6.43. The smallest absolute Gasteiger partial charge is 0.323 e. The summed E-state index contributed by atoms with van der Waals surface area (Å²) in [5.41, 5.74) is -1.01. The molecule has 1 heterocycles. The molecule has 7 heteroatoms. The van der Waals surface area contributed by atoms with E-state index in [1.54, 1.807) is 11.8 Å². The van der Waals surface area contributed by atoms with Crippen molar-refractivity contribution in [2.45, 2.75) is 57.0 Å². The lowest BCUT2D eigenvalue weighted by Crippen LogP contribution is -2.53. The molecule has 1 saturated heterocycles. The van der Waals surface area contributed by atoms with E-state index in [0.29, 0.717) is 13.0 Å². The Bertz CT molecular complexity index is 434. The van der Waals surface area contributed by atoms with Crippen molar-refractivity contribution >= 4 is 17.9 Å². The number of nitrogens with one attached hydrogen (secondary N) is 2. The Morgan fingerprint density at radius 2 is 1.90 bits per heavy atom. The van der Waals surface area contributed by atoms with E-state index in [1.807, 2.05) is 0 Å². The summed E-state index contributed by atoms with van der Waals surface area (Å²) in [5, 5.41) is 14.3. The van der Waals surface area contributed by atoms with Gasteiger partial charge in [-0.25, -0.2) is 4.79 Å². The fourth-order valence-electron chi connectivity index (χ4n) is 3.15. The number of rotatable bonds is 4. The summed E-state index contributed by atoms with van der Waals surface area (Å²) in [7, 11) is 0. The van der Waals surface area contributed by atoms with Crippen LogP contribution in [0.3, 0.4) is 0 Å².